The van der Waals surface area contributed by atoms with E-state index >= 15 is 0 Å². The maximum absolute atomic E-state index is 6.52. The summed E-state index contributed by atoms with van der Waals surface area (Å²) in [6.45, 7) is 2.87. The number of pyridine rings is 1. The first-order chi connectivity index (χ1) is 9.26. The molecule has 1 unspecified atom stereocenters. The van der Waals surface area contributed by atoms with Crippen LogP contribution in [-0.4, -0.2) is 23.0 Å². The molecule has 98 valence electrons. The van der Waals surface area contributed by atoms with Crippen LogP contribution in [0.5, 0.6) is 0 Å². The number of likely N-dealkylation sites (tertiary alicyclic amines) is 1. The second-order valence-electron chi connectivity index (χ2n) is 5.32. The maximum Gasteiger partial charge on any atom is 0.0724 e. The third kappa shape index (κ3) is 2.67. The minimum atomic E-state index is -0.296. The fourth-order valence-corrected chi connectivity index (χ4v) is 2.76. The molecule has 2 aromatic rings. The van der Waals surface area contributed by atoms with Crippen LogP contribution >= 0.6 is 0 Å². The van der Waals surface area contributed by atoms with Crippen molar-refractivity contribution in [1.29, 1.82) is 0 Å². The summed E-state index contributed by atoms with van der Waals surface area (Å²) in [5.74, 6) is 0. The molecule has 0 amide bonds. The van der Waals surface area contributed by atoms with Crippen LogP contribution < -0.4 is 5.73 Å². The van der Waals surface area contributed by atoms with Crippen molar-refractivity contribution in [3.8, 4) is 0 Å². The van der Waals surface area contributed by atoms with E-state index in [0.717, 1.165) is 31.7 Å². The van der Waals surface area contributed by atoms with Crippen molar-refractivity contribution in [2.24, 2.45) is 5.73 Å². The molecule has 2 N–H and O–H groups in total. The normalized spacial score (nSPS) is 23.6. The van der Waals surface area contributed by atoms with E-state index in [1.165, 1.54) is 5.56 Å². The van der Waals surface area contributed by atoms with Crippen molar-refractivity contribution in [3.63, 3.8) is 0 Å². The van der Waals surface area contributed by atoms with E-state index in [1.54, 1.807) is 0 Å². The van der Waals surface area contributed by atoms with Gasteiger partial charge in [0, 0.05) is 25.8 Å². The van der Waals surface area contributed by atoms with Crippen molar-refractivity contribution < 1.29 is 0 Å². The number of nitrogens with two attached hydrogens (primary N) is 1. The lowest BCUT2D eigenvalue weighted by atomic mass is 9.95. The number of rotatable bonds is 3. The molecule has 2 heterocycles. The lowest BCUT2D eigenvalue weighted by molar-refractivity contribution is 0.302. The molecule has 0 spiro atoms. The Morgan fingerprint density at radius 3 is 2.63 bits per heavy atom. The smallest absolute Gasteiger partial charge is 0.0724 e. The second-order valence-corrected chi connectivity index (χ2v) is 5.32. The molecule has 3 rings (SSSR count). The molecule has 1 fully saturated rings. The molecule has 1 saturated heterocycles. The fourth-order valence-electron chi connectivity index (χ4n) is 2.76. The highest BCUT2D eigenvalue weighted by atomic mass is 15.2. The Bertz CT molecular complexity index is 526. The van der Waals surface area contributed by atoms with Gasteiger partial charge in [-0.3, -0.25) is 9.88 Å². The van der Waals surface area contributed by atoms with E-state index < -0.39 is 0 Å². The number of hydrogen-bond donors (Lipinski definition) is 1. The van der Waals surface area contributed by atoms with Crippen LogP contribution in [0.15, 0.2) is 54.7 Å². The molecule has 1 atom stereocenters. The molecule has 0 saturated carbocycles. The fraction of sp³-hybridized carbons (Fsp3) is 0.312. The van der Waals surface area contributed by atoms with Gasteiger partial charge in [0.2, 0.25) is 0 Å². The predicted octanol–water partition coefficient (Wildman–Crippen LogP) is 2.14. The van der Waals surface area contributed by atoms with Crippen molar-refractivity contribution in [3.05, 3.63) is 66.0 Å². The largest absolute Gasteiger partial charge is 0.319 e. The summed E-state index contributed by atoms with van der Waals surface area (Å²) in [7, 11) is 0. The van der Waals surface area contributed by atoms with Gasteiger partial charge in [0.1, 0.15) is 0 Å². The highest BCUT2D eigenvalue weighted by Gasteiger charge is 2.36. The SMILES string of the molecule is NC1(c2ccccn2)CCN(Cc2ccccc2)C1. The van der Waals surface area contributed by atoms with Gasteiger partial charge in [0.15, 0.2) is 0 Å². The number of nitrogens with zero attached hydrogens (tertiary/aromatic N) is 2. The van der Waals surface area contributed by atoms with E-state index in [1.807, 2.05) is 24.4 Å². The highest BCUT2D eigenvalue weighted by molar-refractivity contribution is 5.19. The summed E-state index contributed by atoms with van der Waals surface area (Å²) in [5, 5.41) is 0. The van der Waals surface area contributed by atoms with E-state index in [4.69, 9.17) is 5.73 Å². The Morgan fingerprint density at radius 1 is 1.11 bits per heavy atom. The Hall–Kier alpha value is -1.71. The molecule has 0 aliphatic carbocycles. The summed E-state index contributed by atoms with van der Waals surface area (Å²) in [5.41, 5.74) is 8.57. The Morgan fingerprint density at radius 2 is 1.89 bits per heavy atom. The summed E-state index contributed by atoms with van der Waals surface area (Å²) < 4.78 is 0. The minimum absolute atomic E-state index is 0.296. The van der Waals surface area contributed by atoms with Crippen molar-refractivity contribution in [2.45, 2.75) is 18.5 Å². The summed E-state index contributed by atoms with van der Waals surface area (Å²) in [4.78, 5) is 6.83. The summed E-state index contributed by atoms with van der Waals surface area (Å²) in [6.07, 6.45) is 2.79. The Balaban J connectivity index is 1.70. The van der Waals surface area contributed by atoms with Crippen molar-refractivity contribution in [1.82, 2.24) is 9.88 Å². The summed E-state index contributed by atoms with van der Waals surface area (Å²) >= 11 is 0. The van der Waals surface area contributed by atoms with E-state index in [9.17, 15) is 0 Å². The Labute approximate surface area is 114 Å². The zero-order valence-electron chi connectivity index (χ0n) is 11.0. The van der Waals surface area contributed by atoms with E-state index in [-0.39, 0.29) is 5.54 Å². The molecule has 1 aliphatic rings. The van der Waals surface area contributed by atoms with Gasteiger partial charge in [-0.15, -0.1) is 0 Å². The van der Waals surface area contributed by atoms with Gasteiger partial charge in [0.25, 0.3) is 0 Å². The van der Waals surface area contributed by atoms with E-state index in [0.29, 0.717) is 0 Å². The van der Waals surface area contributed by atoms with Crippen LogP contribution in [0.25, 0.3) is 0 Å². The van der Waals surface area contributed by atoms with Crippen LogP contribution in [0.3, 0.4) is 0 Å². The van der Waals surface area contributed by atoms with Crippen LogP contribution in [0.4, 0.5) is 0 Å². The molecule has 3 heteroatoms. The van der Waals surface area contributed by atoms with Crippen molar-refractivity contribution >= 4 is 0 Å². The molecular formula is C16H19N3. The van der Waals surface area contributed by atoms with Gasteiger partial charge < -0.3 is 5.73 Å². The summed E-state index contributed by atoms with van der Waals surface area (Å²) in [6, 6.07) is 16.5. The highest BCUT2D eigenvalue weighted by Crippen LogP contribution is 2.28. The predicted molar refractivity (Wildman–Crippen MR) is 76.4 cm³/mol. The second kappa shape index (κ2) is 5.11. The first-order valence-corrected chi connectivity index (χ1v) is 6.73. The molecule has 1 aromatic carbocycles. The average Bonchev–Trinajstić information content (AvgIpc) is 2.84. The topological polar surface area (TPSA) is 42.1 Å². The molecule has 3 nitrogen and oxygen atoms in total. The van der Waals surface area contributed by atoms with Gasteiger partial charge in [-0.1, -0.05) is 36.4 Å². The molecule has 1 aromatic heterocycles. The first-order valence-electron chi connectivity index (χ1n) is 6.73. The number of benzene rings is 1. The maximum atomic E-state index is 6.52. The minimum Gasteiger partial charge on any atom is -0.319 e. The van der Waals surface area contributed by atoms with Gasteiger partial charge in [-0.05, 0) is 24.1 Å². The standard InChI is InChI=1S/C16H19N3/c17-16(15-8-4-5-10-18-15)9-11-19(13-16)12-14-6-2-1-3-7-14/h1-8,10H,9,11-13,17H2. The number of hydrogen-bond acceptors (Lipinski definition) is 3. The third-order valence-electron chi connectivity index (χ3n) is 3.80. The average molecular weight is 253 g/mol. The van der Waals surface area contributed by atoms with Crippen LogP contribution in [0, 0.1) is 0 Å². The molecule has 1 aliphatic heterocycles. The Kier molecular flexibility index (Phi) is 3.32. The zero-order chi connectivity index (χ0) is 13.1. The molecule has 0 radical (unpaired) electrons. The molecule has 0 bridgehead atoms. The van der Waals surface area contributed by atoms with Crippen LogP contribution in [0.1, 0.15) is 17.7 Å². The molecular weight excluding hydrogens is 234 g/mol. The third-order valence-corrected chi connectivity index (χ3v) is 3.80. The van der Waals surface area contributed by atoms with Crippen LogP contribution in [-0.2, 0) is 12.1 Å². The number of aromatic nitrogens is 1. The van der Waals surface area contributed by atoms with Gasteiger partial charge in [0.05, 0.1) is 11.2 Å². The zero-order valence-corrected chi connectivity index (χ0v) is 11.0. The van der Waals surface area contributed by atoms with Crippen molar-refractivity contribution in [2.75, 3.05) is 13.1 Å². The lowest BCUT2D eigenvalue weighted by Crippen LogP contribution is -2.40. The quantitative estimate of drug-likeness (QED) is 0.911. The molecule has 19 heavy (non-hydrogen) atoms. The lowest BCUT2D eigenvalue weighted by Gasteiger charge is -2.24. The van der Waals surface area contributed by atoms with Crippen LogP contribution in [0.2, 0.25) is 0 Å². The van der Waals surface area contributed by atoms with E-state index in [2.05, 4.69) is 40.2 Å². The van der Waals surface area contributed by atoms with Gasteiger partial charge in [-0.2, -0.15) is 0 Å². The van der Waals surface area contributed by atoms with Gasteiger partial charge in [-0.25, -0.2) is 0 Å². The monoisotopic (exact) mass is 253 g/mol. The van der Waals surface area contributed by atoms with Gasteiger partial charge >= 0.3 is 0 Å². The first kappa shape index (κ1) is 12.3.